The van der Waals surface area contributed by atoms with Gasteiger partial charge in [-0.1, -0.05) is 6.08 Å². The fourth-order valence-corrected chi connectivity index (χ4v) is 1.50. The van der Waals surface area contributed by atoms with Gasteiger partial charge in [-0.15, -0.1) is 6.58 Å². The summed E-state index contributed by atoms with van der Waals surface area (Å²) in [6.07, 6.45) is 6.25. The zero-order valence-electron chi connectivity index (χ0n) is 9.46. The van der Waals surface area contributed by atoms with Crippen LogP contribution in [0.1, 0.15) is 5.56 Å². The number of aliphatic carboxylic acids is 1. The number of hydrogen-bond acceptors (Lipinski definition) is 3. The number of hydrogen-bond donors (Lipinski definition) is 1. The number of rotatable bonds is 7. The van der Waals surface area contributed by atoms with Crippen LogP contribution in [0, 0.1) is 0 Å². The molecule has 0 amide bonds. The summed E-state index contributed by atoms with van der Waals surface area (Å²) in [5.41, 5.74) is 1.11. The minimum atomic E-state index is -0.812. The summed E-state index contributed by atoms with van der Waals surface area (Å²) in [5, 5.41) is 12.8. The highest BCUT2D eigenvalue weighted by molar-refractivity contribution is 5.69. The summed E-state index contributed by atoms with van der Waals surface area (Å²) in [7, 11) is 1.86. The fourth-order valence-electron chi connectivity index (χ4n) is 1.50. The second-order valence-electron chi connectivity index (χ2n) is 3.69. The van der Waals surface area contributed by atoms with Gasteiger partial charge >= 0.3 is 5.97 Å². The highest BCUT2D eigenvalue weighted by atomic mass is 16.4. The van der Waals surface area contributed by atoms with E-state index >= 15 is 0 Å². The van der Waals surface area contributed by atoms with E-state index in [1.54, 1.807) is 17.0 Å². The molecule has 1 aromatic rings. The number of carboxylic acid groups (broad SMARTS) is 1. The molecule has 0 atom stereocenters. The predicted octanol–water partition coefficient (Wildman–Crippen LogP) is 0.535. The normalized spacial score (nSPS) is 10.6. The van der Waals surface area contributed by atoms with Crippen LogP contribution in [0.3, 0.4) is 0 Å². The van der Waals surface area contributed by atoms with Gasteiger partial charge in [0.1, 0.15) is 0 Å². The van der Waals surface area contributed by atoms with Crippen LogP contribution in [0.25, 0.3) is 0 Å². The molecule has 1 N–H and O–H groups in total. The van der Waals surface area contributed by atoms with Crippen molar-refractivity contribution >= 4 is 5.97 Å². The van der Waals surface area contributed by atoms with Crippen LogP contribution in [0.5, 0.6) is 0 Å². The Morgan fingerprint density at radius 3 is 3.00 bits per heavy atom. The van der Waals surface area contributed by atoms with Gasteiger partial charge in [-0.25, -0.2) is 0 Å². The molecule has 1 aromatic heterocycles. The second-order valence-corrected chi connectivity index (χ2v) is 3.69. The van der Waals surface area contributed by atoms with Gasteiger partial charge in [-0.2, -0.15) is 5.10 Å². The van der Waals surface area contributed by atoms with Crippen molar-refractivity contribution in [2.45, 2.75) is 6.42 Å². The molecular formula is C11H17N3O2. The van der Waals surface area contributed by atoms with Crippen molar-refractivity contribution in [1.29, 1.82) is 0 Å². The second kappa shape index (κ2) is 6.07. The van der Waals surface area contributed by atoms with Gasteiger partial charge in [0.25, 0.3) is 0 Å². The molecular weight excluding hydrogens is 206 g/mol. The van der Waals surface area contributed by atoms with Crippen molar-refractivity contribution in [2.75, 3.05) is 19.6 Å². The quantitative estimate of drug-likeness (QED) is 0.685. The van der Waals surface area contributed by atoms with Crippen molar-refractivity contribution < 1.29 is 9.90 Å². The third-order valence-electron chi connectivity index (χ3n) is 2.22. The average Bonchev–Trinajstić information content (AvgIpc) is 2.60. The Balaban J connectivity index is 2.42. The average molecular weight is 223 g/mol. The van der Waals surface area contributed by atoms with Gasteiger partial charge in [0.2, 0.25) is 0 Å². The van der Waals surface area contributed by atoms with Crippen molar-refractivity contribution in [3.8, 4) is 0 Å². The van der Waals surface area contributed by atoms with Gasteiger partial charge in [0.15, 0.2) is 0 Å². The van der Waals surface area contributed by atoms with E-state index in [1.165, 1.54) is 0 Å². The number of carbonyl (C=O) groups is 1. The molecule has 5 nitrogen and oxygen atoms in total. The maximum absolute atomic E-state index is 10.6. The molecule has 0 aliphatic heterocycles. The summed E-state index contributed by atoms with van der Waals surface area (Å²) in [5.74, 6) is -0.812. The maximum Gasteiger partial charge on any atom is 0.317 e. The van der Waals surface area contributed by atoms with E-state index in [-0.39, 0.29) is 6.54 Å². The Bertz CT molecular complexity index is 360. The van der Waals surface area contributed by atoms with Crippen LogP contribution in [-0.2, 0) is 18.3 Å². The Kier molecular flexibility index (Phi) is 4.72. The zero-order valence-corrected chi connectivity index (χ0v) is 9.46. The first-order valence-corrected chi connectivity index (χ1v) is 5.14. The molecule has 0 aliphatic carbocycles. The largest absolute Gasteiger partial charge is 0.480 e. The van der Waals surface area contributed by atoms with Crippen LogP contribution >= 0.6 is 0 Å². The van der Waals surface area contributed by atoms with E-state index in [0.717, 1.165) is 12.0 Å². The molecule has 0 spiro atoms. The molecule has 0 aromatic carbocycles. The molecule has 0 aliphatic rings. The van der Waals surface area contributed by atoms with Gasteiger partial charge in [-0.05, 0) is 12.0 Å². The molecule has 0 radical (unpaired) electrons. The number of nitrogens with zero attached hydrogens (tertiary/aromatic N) is 3. The molecule has 5 heteroatoms. The van der Waals surface area contributed by atoms with Crippen LogP contribution in [0.2, 0.25) is 0 Å². The molecule has 0 unspecified atom stereocenters. The third-order valence-corrected chi connectivity index (χ3v) is 2.22. The standard InChI is InChI=1S/C11H17N3O2/c1-3-5-14(9-11(15)16)6-4-10-7-12-13(2)8-10/h3,7-8H,1,4-6,9H2,2H3,(H,15,16). The highest BCUT2D eigenvalue weighted by Crippen LogP contribution is 2.00. The van der Waals surface area contributed by atoms with E-state index < -0.39 is 5.97 Å². The summed E-state index contributed by atoms with van der Waals surface area (Å²) >= 11 is 0. The van der Waals surface area contributed by atoms with E-state index in [0.29, 0.717) is 13.1 Å². The first-order valence-electron chi connectivity index (χ1n) is 5.14. The van der Waals surface area contributed by atoms with Crippen molar-refractivity contribution in [3.63, 3.8) is 0 Å². The summed E-state index contributed by atoms with van der Waals surface area (Å²) in [6, 6.07) is 0. The van der Waals surface area contributed by atoms with Gasteiger partial charge in [-0.3, -0.25) is 14.4 Å². The summed E-state index contributed by atoms with van der Waals surface area (Å²) < 4.78 is 1.74. The van der Waals surface area contributed by atoms with Crippen LogP contribution < -0.4 is 0 Å². The summed E-state index contributed by atoms with van der Waals surface area (Å²) in [6.45, 7) is 4.95. The predicted molar refractivity (Wildman–Crippen MR) is 61.2 cm³/mol. The maximum atomic E-state index is 10.6. The monoisotopic (exact) mass is 223 g/mol. The molecule has 88 valence electrons. The van der Waals surface area contributed by atoms with E-state index in [9.17, 15) is 4.79 Å². The molecule has 0 bridgehead atoms. The molecule has 16 heavy (non-hydrogen) atoms. The van der Waals surface area contributed by atoms with Crippen molar-refractivity contribution in [2.24, 2.45) is 7.05 Å². The first kappa shape index (κ1) is 12.4. The fraction of sp³-hybridized carbons (Fsp3) is 0.455. The number of carboxylic acids is 1. The molecule has 0 saturated heterocycles. The van der Waals surface area contributed by atoms with E-state index in [1.807, 2.05) is 18.1 Å². The molecule has 0 saturated carbocycles. The molecule has 1 rings (SSSR count). The Morgan fingerprint density at radius 1 is 1.75 bits per heavy atom. The number of aryl methyl sites for hydroxylation is 1. The lowest BCUT2D eigenvalue weighted by molar-refractivity contribution is -0.138. The van der Waals surface area contributed by atoms with Crippen LogP contribution in [0.15, 0.2) is 25.0 Å². The lowest BCUT2D eigenvalue weighted by atomic mass is 10.2. The smallest absolute Gasteiger partial charge is 0.317 e. The number of aromatic nitrogens is 2. The van der Waals surface area contributed by atoms with Crippen molar-refractivity contribution in [1.82, 2.24) is 14.7 Å². The van der Waals surface area contributed by atoms with Crippen LogP contribution in [0.4, 0.5) is 0 Å². The Hall–Kier alpha value is -1.62. The van der Waals surface area contributed by atoms with Crippen LogP contribution in [-0.4, -0.2) is 45.4 Å². The van der Waals surface area contributed by atoms with E-state index in [4.69, 9.17) is 5.11 Å². The van der Waals surface area contributed by atoms with Gasteiger partial charge in [0.05, 0.1) is 12.7 Å². The molecule has 0 fully saturated rings. The SMILES string of the molecule is C=CCN(CCc1cnn(C)c1)CC(=O)O. The highest BCUT2D eigenvalue weighted by Gasteiger charge is 2.08. The van der Waals surface area contributed by atoms with Crippen molar-refractivity contribution in [3.05, 3.63) is 30.6 Å². The minimum Gasteiger partial charge on any atom is -0.480 e. The van der Waals surface area contributed by atoms with Gasteiger partial charge in [0, 0.05) is 26.3 Å². The topological polar surface area (TPSA) is 58.4 Å². The zero-order chi connectivity index (χ0) is 12.0. The minimum absolute atomic E-state index is 0.0479. The lowest BCUT2D eigenvalue weighted by Gasteiger charge is -2.17. The lowest BCUT2D eigenvalue weighted by Crippen LogP contribution is -2.31. The Morgan fingerprint density at radius 2 is 2.50 bits per heavy atom. The summed E-state index contributed by atoms with van der Waals surface area (Å²) in [4.78, 5) is 12.4. The third kappa shape index (κ3) is 4.27. The first-order chi connectivity index (χ1) is 7.61. The van der Waals surface area contributed by atoms with Gasteiger partial charge < -0.3 is 5.11 Å². The Labute approximate surface area is 95.0 Å². The molecule has 1 heterocycles. The van der Waals surface area contributed by atoms with E-state index in [2.05, 4.69) is 11.7 Å².